The first-order chi connectivity index (χ1) is 10.2. The van der Waals surface area contributed by atoms with Crippen molar-refractivity contribution in [2.45, 2.75) is 38.6 Å². The largest absolute Gasteiger partial charge is 0.450 e. The molecule has 0 aromatic heterocycles. The Balaban J connectivity index is 1.44. The van der Waals surface area contributed by atoms with E-state index >= 15 is 0 Å². The summed E-state index contributed by atoms with van der Waals surface area (Å²) in [5.74, 6) is 1.75. The molecule has 0 radical (unpaired) electrons. The van der Waals surface area contributed by atoms with E-state index in [0.717, 1.165) is 30.0 Å². The van der Waals surface area contributed by atoms with Crippen molar-refractivity contribution in [1.29, 1.82) is 0 Å². The van der Waals surface area contributed by atoms with Crippen LogP contribution in [0.15, 0.2) is 0 Å². The summed E-state index contributed by atoms with van der Waals surface area (Å²) >= 11 is 5.56. The number of hydrogen-bond acceptors (Lipinski definition) is 3. The molecule has 0 unspecified atom stereocenters. The molecule has 5 nitrogen and oxygen atoms in total. The summed E-state index contributed by atoms with van der Waals surface area (Å²) in [6.07, 6.45) is 5.24. The highest BCUT2D eigenvalue weighted by molar-refractivity contribution is 7.80. The van der Waals surface area contributed by atoms with Crippen molar-refractivity contribution in [3.05, 3.63) is 0 Å². The maximum atomic E-state index is 11.7. The van der Waals surface area contributed by atoms with E-state index < -0.39 is 0 Å². The molecule has 3 aliphatic rings. The van der Waals surface area contributed by atoms with Crippen molar-refractivity contribution in [2.24, 2.45) is 11.8 Å². The molecule has 2 bridgehead atoms. The van der Waals surface area contributed by atoms with Crippen LogP contribution in [-0.4, -0.2) is 59.8 Å². The molecule has 6 heteroatoms. The lowest BCUT2D eigenvalue weighted by Crippen LogP contribution is -2.55. The van der Waals surface area contributed by atoms with E-state index in [9.17, 15) is 4.79 Å². The Kier molecular flexibility index (Phi) is 4.52. The van der Waals surface area contributed by atoms with Crippen molar-refractivity contribution in [3.63, 3.8) is 0 Å². The number of carbonyl (C=O) groups is 1. The molecule has 21 heavy (non-hydrogen) atoms. The zero-order valence-electron chi connectivity index (χ0n) is 12.7. The van der Waals surface area contributed by atoms with Gasteiger partial charge in [0.2, 0.25) is 0 Å². The van der Waals surface area contributed by atoms with Gasteiger partial charge >= 0.3 is 6.09 Å². The number of ether oxygens (including phenoxy) is 1. The minimum Gasteiger partial charge on any atom is -0.450 e. The molecular formula is C15H25N3O2S. The fraction of sp³-hybridized carbons (Fsp3) is 0.867. The predicted molar refractivity (Wildman–Crippen MR) is 85.1 cm³/mol. The normalized spacial score (nSPS) is 31.4. The van der Waals surface area contributed by atoms with Crippen LogP contribution in [-0.2, 0) is 4.74 Å². The summed E-state index contributed by atoms with van der Waals surface area (Å²) < 4.78 is 5.04. The molecule has 118 valence electrons. The zero-order valence-corrected chi connectivity index (χ0v) is 13.5. The Morgan fingerprint density at radius 2 is 1.90 bits per heavy atom. The smallest absolute Gasteiger partial charge is 0.409 e. The average molecular weight is 311 g/mol. The van der Waals surface area contributed by atoms with Crippen LogP contribution >= 0.6 is 12.2 Å². The number of piperazine rings is 1. The van der Waals surface area contributed by atoms with E-state index in [-0.39, 0.29) is 6.09 Å². The third-order valence-electron chi connectivity index (χ3n) is 5.14. The maximum Gasteiger partial charge on any atom is 0.409 e. The van der Waals surface area contributed by atoms with Gasteiger partial charge in [-0.25, -0.2) is 4.79 Å². The second-order valence-corrected chi connectivity index (χ2v) is 6.79. The molecule has 0 aromatic rings. The second-order valence-electron chi connectivity index (χ2n) is 6.40. The van der Waals surface area contributed by atoms with Crippen molar-refractivity contribution in [3.8, 4) is 0 Å². The Labute approximate surface area is 132 Å². The molecule has 2 saturated carbocycles. The number of rotatable bonds is 2. The number of carbonyl (C=O) groups excluding carboxylic acids is 1. The van der Waals surface area contributed by atoms with Gasteiger partial charge in [-0.2, -0.15) is 0 Å². The van der Waals surface area contributed by atoms with E-state index in [1.54, 1.807) is 4.90 Å². The van der Waals surface area contributed by atoms with Gasteiger partial charge in [0.25, 0.3) is 0 Å². The van der Waals surface area contributed by atoms with Crippen LogP contribution in [0.4, 0.5) is 4.79 Å². The topological polar surface area (TPSA) is 44.8 Å². The monoisotopic (exact) mass is 311 g/mol. The van der Waals surface area contributed by atoms with E-state index in [4.69, 9.17) is 17.0 Å². The van der Waals surface area contributed by atoms with Gasteiger partial charge in [0, 0.05) is 32.2 Å². The molecule has 1 heterocycles. The molecule has 1 aliphatic heterocycles. The summed E-state index contributed by atoms with van der Waals surface area (Å²) in [6, 6.07) is 0.583. The first-order valence-corrected chi connectivity index (χ1v) is 8.55. The van der Waals surface area contributed by atoms with Crippen LogP contribution in [0.5, 0.6) is 0 Å². The maximum absolute atomic E-state index is 11.7. The Morgan fingerprint density at radius 1 is 1.19 bits per heavy atom. The second kappa shape index (κ2) is 6.38. The van der Waals surface area contributed by atoms with E-state index in [1.807, 2.05) is 6.92 Å². The van der Waals surface area contributed by atoms with Crippen LogP contribution in [0.1, 0.15) is 32.6 Å². The lowest BCUT2D eigenvalue weighted by molar-refractivity contribution is 0.0916. The van der Waals surface area contributed by atoms with Crippen molar-refractivity contribution < 1.29 is 9.53 Å². The Hall–Kier alpha value is -1.04. The molecular weight excluding hydrogens is 286 g/mol. The molecule has 1 saturated heterocycles. The van der Waals surface area contributed by atoms with Gasteiger partial charge in [-0.15, -0.1) is 0 Å². The quantitative estimate of drug-likeness (QED) is 0.788. The van der Waals surface area contributed by atoms with Crippen LogP contribution < -0.4 is 5.32 Å². The fourth-order valence-corrected chi connectivity index (χ4v) is 4.31. The first kappa shape index (κ1) is 14.9. The number of nitrogens with one attached hydrogen (secondary N) is 1. The zero-order chi connectivity index (χ0) is 14.8. The molecule has 1 amide bonds. The highest BCUT2D eigenvalue weighted by Gasteiger charge is 2.40. The standard InChI is InChI=1S/C15H25N3O2S/c1-2-20-15(19)18-7-5-17(6-8-18)14(21)16-13-10-11-3-4-12(13)9-11/h11-13H,2-10H2,1H3,(H,16,21)/t11-,12-,13-/m0/s1. The molecule has 3 atom stereocenters. The summed E-state index contributed by atoms with van der Waals surface area (Å²) in [6.45, 7) is 5.25. The Morgan fingerprint density at radius 3 is 2.48 bits per heavy atom. The molecule has 3 rings (SSSR count). The molecule has 3 fully saturated rings. The van der Waals surface area contributed by atoms with Crippen molar-refractivity contribution in [2.75, 3.05) is 32.8 Å². The molecule has 2 aliphatic carbocycles. The minimum absolute atomic E-state index is 0.205. The van der Waals surface area contributed by atoms with Crippen LogP contribution in [0.2, 0.25) is 0 Å². The van der Waals surface area contributed by atoms with Gasteiger partial charge in [0.1, 0.15) is 0 Å². The third kappa shape index (κ3) is 3.25. The van der Waals surface area contributed by atoms with Gasteiger partial charge in [0.05, 0.1) is 6.61 Å². The molecule has 0 spiro atoms. The van der Waals surface area contributed by atoms with Crippen LogP contribution in [0.3, 0.4) is 0 Å². The number of hydrogen-bond donors (Lipinski definition) is 1. The number of amides is 1. The highest BCUT2D eigenvalue weighted by atomic mass is 32.1. The van der Waals surface area contributed by atoms with Gasteiger partial charge in [-0.1, -0.05) is 6.42 Å². The minimum atomic E-state index is -0.205. The van der Waals surface area contributed by atoms with Crippen molar-refractivity contribution in [1.82, 2.24) is 15.1 Å². The lowest BCUT2D eigenvalue weighted by atomic mass is 9.95. The van der Waals surface area contributed by atoms with Gasteiger partial charge in [-0.3, -0.25) is 0 Å². The van der Waals surface area contributed by atoms with Crippen molar-refractivity contribution >= 4 is 23.4 Å². The van der Waals surface area contributed by atoms with Gasteiger partial charge in [0.15, 0.2) is 5.11 Å². The van der Waals surface area contributed by atoms with E-state index in [1.165, 1.54) is 25.7 Å². The average Bonchev–Trinajstić information content (AvgIpc) is 3.10. The van der Waals surface area contributed by atoms with Gasteiger partial charge < -0.3 is 19.9 Å². The lowest BCUT2D eigenvalue weighted by Gasteiger charge is -2.37. The van der Waals surface area contributed by atoms with Crippen LogP contribution in [0, 0.1) is 11.8 Å². The third-order valence-corrected chi connectivity index (χ3v) is 5.52. The fourth-order valence-electron chi connectivity index (χ4n) is 3.98. The summed E-state index contributed by atoms with van der Waals surface area (Å²) in [5, 5.41) is 4.44. The number of thiocarbonyl (C=S) groups is 1. The summed E-state index contributed by atoms with van der Waals surface area (Å²) in [5.41, 5.74) is 0. The molecule has 1 N–H and O–H groups in total. The summed E-state index contributed by atoms with van der Waals surface area (Å²) in [4.78, 5) is 15.6. The van der Waals surface area contributed by atoms with Gasteiger partial charge in [-0.05, 0) is 50.2 Å². The predicted octanol–water partition coefficient (Wildman–Crippen LogP) is 1.82. The highest BCUT2D eigenvalue weighted by Crippen LogP contribution is 2.44. The summed E-state index contributed by atoms with van der Waals surface area (Å²) in [7, 11) is 0. The number of nitrogens with zero attached hydrogens (tertiary/aromatic N) is 2. The van der Waals surface area contributed by atoms with Crippen LogP contribution in [0.25, 0.3) is 0 Å². The first-order valence-electron chi connectivity index (χ1n) is 8.14. The Bertz CT molecular complexity index is 410. The number of fused-ring (bicyclic) bond motifs is 2. The van der Waals surface area contributed by atoms with E-state index in [2.05, 4.69) is 10.2 Å². The van der Waals surface area contributed by atoms with E-state index in [0.29, 0.717) is 25.7 Å². The molecule has 0 aromatic carbocycles. The SMILES string of the molecule is CCOC(=O)N1CCN(C(=S)N[C@H]2C[C@H]3CC[C@H]2C3)CC1.